The third-order valence-corrected chi connectivity index (χ3v) is 6.23. The maximum Gasteiger partial charge on any atom is 0.143 e. The summed E-state index contributed by atoms with van der Waals surface area (Å²) in [5.41, 5.74) is 3.27. The van der Waals surface area contributed by atoms with E-state index in [2.05, 4.69) is 56.3 Å². The molecule has 0 N–H and O–H groups in total. The smallest absolute Gasteiger partial charge is 0.143 e. The van der Waals surface area contributed by atoms with Crippen LogP contribution in [0, 0.1) is 11.3 Å². The molecule has 4 rings (SSSR count). The number of rotatable bonds is 1. The Bertz CT molecular complexity index is 810. The lowest BCUT2D eigenvalue weighted by molar-refractivity contribution is -0.123. The van der Waals surface area contributed by atoms with Crippen molar-refractivity contribution in [1.82, 2.24) is 0 Å². The van der Waals surface area contributed by atoms with Gasteiger partial charge in [-0.15, -0.1) is 11.8 Å². The van der Waals surface area contributed by atoms with Crippen LogP contribution in [-0.4, -0.2) is 11.5 Å². The Kier molecular flexibility index (Phi) is 3.84. The highest BCUT2D eigenvalue weighted by Crippen LogP contribution is 2.51. The number of thioether (sulfide) groups is 1. The number of ketones is 1. The molecule has 24 heavy (non-hydrogen) atoms. The van der Waals surface area contributed by atoms with Crippen LogP contribution >= 0.6 is 11.8 Å². The van der Waals surface area contributed by atoms with E-state index in [9.17, 15) is 4.79 Å². The molecular formula is C21H21NOS. The molecule has 2 aliphatic rings. The van der Waals surface area contributed by atoms with Crippen LogP contribution in [0.1, 0.15) is 37.5 Å². The quantitative estimate of drug-likeness (QED) is 0.677. The van der Waals surface area contributed by atoms with E-state index in [0.29, 0.717) is 12.2 Å². The van der Waals surface area contributed by atoms with Crippen LogP contribution in [-0.2, 0) is 4.79 Å². The van der Waals surface area contributed by atoms with Crippen LogP contribution in [0.3, 0.4) is 0 Å². The summed E-state index contributed by atoms with van der Waals surface area (Å²) in [6, 6.07) is 18.7. The van der Waals surface area contributed by atoms with Crippen molar-refractivity contribution >= 4 is 28.9 Å². The van der Waals surface area contributed by atoms with Gasteiger partial charge < -0.3 is 0 Å². The minimum absolute atomic E-state index is 0.00238. The minimum Gasteiger partial charge on any atom is -0.299 e. The zero-order chi connectivity index (χ0) is 16.7. The number of para-hydroxylation sites is 1. The number of hydrogen-bond donors (Lipinski definition) is 0. The molecular weight excluding hydrogens is 314 g/mol. The van der Waals surface area contributed by atoms with Crippen LogP contribution < -0.4 is 0 Å². The fraction of sp³-hybridized carbons (Fsp3) is 0.333. The van der Waals surface area contributed by atoms with Crippen LogP contribution in [0.5, 0.6) is 0 Å². The number of aliphatic imine (C=N–C) groups is 1. The standard InChI is InChI=1S/C21H21NOS/c1-21(2)12-16-19(17(23)13-21)20(14-8-4-3-5-9-14)24-18-11-7-6-10-15(18)22-16/h3-11,19-20H,12-13H2,1-2H3/t19-,20-/m0/s1. The molecule has 1 aliphatic carbocycles. The van der Waals surface area contributed by atoms with Crippen molar-refractivity contribution in [2.75, 3.05) is 0 Å². The molecule has 0 amide bonds. The number of fused-ring (bicyclic) bond motifs is 2. The summed E-state index contributed by atoms with van der Waals surface area (Å²) in [6.45, 7) is 4.34. The van der Waals surface area contributed by atoms with Crippen molar-refractivity contribution in [3.8, 4) is 0 Å². The number of Topliss-reactive ketones (excluding diaryl/α,β-unsaturated/α-hetero) is 1. The monoisotopic (exact) mass is 335 g/mol. The second-order valence-corrected chi connectivity index (χ2v) is 8.67. The molecule has 2 aromatic rings. The Morgan fingerprint density at radius 1 is 1.00 bits per heavy atom. The molecule has 2 nitrogen and oxygen atoms in total. The van der Waals surface area contributed by atoms with E-state index in [1.165, 1.54) is 10.5 Å². The zero-order valence-electron chi connectivity index (χ0n) is 14.0. The van der Waals surface area contributed by atoms with Crippen LogP contribution in [0.2, 0.25) is 0 Å². The highest BCUT2D eigenvalue weighted by molar-refractivity contribution is 7.99. The average Bonchev–Trinajstić information content (AvgIpc) is 2.70. The molecule has 1 heterocycles. The van der Waals surface area contributed by atoms with Gasteiger partial charge in [0.1, 0.15) is 5.78 Å². The number of carbonyl (C=O) groups excluding carboxylic acids is 1. The second kappa shape index (κ2) is 5.89. The summed E-state index contributed by atoms with van der Waals surface area (Å²) >= 11 is 1.79. The van der Waals surface area contributed by atoms with Gasteiger partial charge in [0.25, 0.3) is 0 Å². The van der Waals surface area contributed by atoms with Crippen molar-refractivity contribution < 1.29 is 4.79 Å². The van der Waals surface area contributed by atoms with Crippen molar-refractivity contribution in [2.24, 2.45) is 16.3 Å². The summed E-state index contributed by atoms with van der Waals surface area (Å²) in [6.07, 6.45) is 1.53. The largest absolute Gasteiger partial charge is 0.299 e. The van der Waals surface area contributed by atoms with Crippen LogP contribution in [0.4, 0.5) is 5.69 Å². The van der Waals surface area contributed by atoms with Crippen molar-refractivity contribution in [3.63, 3.8) is 0 Å². The van der Waals surface area contributed by atoms with E-state index in [-0.39, 0.29) is 16.6 Å². The second-order valence-electron chi connectivity index (χ2n) is 7.48. The normalized spacial score (nSPS) is 25.2. The molecule has 3 heteroatoms. The van der Waals surface area contributed by atoms with Gasteiger partial charge >= 0.3 is 0 Å². The molecule has 1 saturated carbocycles. The first kappa shape index (κ1) is 15.6. The van der Waals surface area contributed by atoms with Gasteiger partial charge in [0.15, 0.2) is 0 Å². The predicted molar refractivity (Wildman–Crippen MR) is 100 cm³/mol. The van der Waals surface area contributed by atoms with Gasteiger partial charge in [-0.1, -0.05) is 56.3 Å². The lowest BCUT2D eigenvalue weighted by Gasteiger charge is -2.37. The Labute approximate surface area is 147 Å². The predicted octanol–water partition coefficient (Wildman–Crippen LogP) is 5.61. The van der Waals surface area contributed by atoms with Crippen molar-refractivity contribution in [1.29, 1.82) is 0 Å². The van der Waals surface area contributed by atoms with Crippen molar-refractivity contribution in [3.05, 3.63) is 60.2 Å². The molecule has 0 unspecified atom stereocenters. The summed E-state index contributed by atoms with van der Waals surface area (Å²) in [7, 11) is 0. The number of carbonyl (C=O) groups is 1. The van der Waals surface area contributed by atoms with Gasteiger partial charge in [-0.05, 0) is 29.5 Å². The number of hydrogen-bond acceptors (Lipinski definition) is 3. The first-order chi connectivity index (χ1) is 11.5. The van der Waals surface area contributed by atoms with E-state index < -0.39 is 0 Å². The Morgan fingerprint density at radius 2 is 1.71 bits per heavy atom. The van der Waals surface area contributed by atoms with Gasteiger partial charge in [0.05, 0.1) is 11.6 Å². The molecule has 0 bridgehead atoms. The summed E-state index contributed by atoms with van der Waals surface area (Å²) in [5, 5.41) is 0.109. The highest BCUT2D eigenvalue weighted by Gasteiger charge is 2.44. The van der Waals surface area contributed by atoms with E-state index in [0.717, 1.165) is 17.8 Å². The summed E-state index contributed by atoms with van der Waals surface area (Å²) in [4.78, 5) is 19.2. The fourth-order valence-corrected chi connectivity index (χ4v) is 5.20. The molecule has 1 aliphatic heterocycles. The lowest BCUT2D eigenvalue weighted by atomic mass is 9.69. The minimum atomic E-state index is -0.113. The highest BCUT2D eigenvalue weighted by atomic mass is 32.2. The third-order valence-electron chi connectivity index (χ3n) is 4.83. The maximum absolute atomic E-state index is 13.0. The van der Waals surface area contributed by atoms with Crippen LogP contribution in [0.25, 0.3) is 0 Å². The first-order valence-electron chi connectivity index (χ1n) is 8.44. The Morgan fingerprint density at radius 3 is 2.50 bits per heavy atom. The van der Waals surface area contributed by atoms with E-state index in [4.69, 9.17) is 4.99 Å². The molecule has 2 atom stereocenters. The summed E-state index contributed by atoms with van der Waals surface area (Å²) in [5.74, 6) is 0.219. The van der Waals surface area contributed by atoms with E-state index in [1.54, 1.807) is 11.8 Å². The third kappa shape index (κ3) is 2.82. The maximum atomic E-state index is 13.0. The topological polar surface area (TPSA) is 29.4 Å². The van der Waals surface area contributed by atoms with Gasteiger partial charge in [-0.2, -0.15) is 0 Å². The van der Waals surface area contributed by atoms with E-state index in [1.807, 2.05) is 12.1 Å². The molecule has 1 fully saturated rings. The van der Waals surface area contributed by atoms with Gasteiger partial charge in [0.2, 0.25) is 0 Å². The van der Waals surface area contributed by atoms with Crippen molar-refractivity contribution in [2.45, 2.75) is 36.8 Å². The van der Waals surface area contributed by atoms with Gasteiger partial charge in [0, 0.05) is 22.3 Å². The van der Waals surface area contributed by atoms with E-state index >= 15 is 0 Å². The average molecular weight is 335 g/mol. The summed E-state index contributed by atoms with van der Waals surface area (Å²) < 4.78 is 0. The lowest BCUT2D eigenvalue weighted by Crippen LogP contribution is -2.39. The number of benzene rings is 2. The first-order valence-corrected chi connectivity index (χ1v) is 9.32. The number of nitrogens with zero attached hydrogens (tertiary/aromatic N) is 1. The Hall–Kier alpha value is -1.87. The molecule has 122 valence electrons. The van der Waals surface area contributed by atoms with Gasteiger partial charge in [-0.3, -0.25) is 9.79 Å². The zero-order valence-corrected chi connectivity index (χ0v) is 14.8. The van der Waals surface area contributed by atoms with Gasteiger partial charge in [-0.25, -0.2) is 0 Å². The molecule has 0 spiro atoms. The fourth-order valence-electron chi connectivity index (χ4n) is 3.79. The molecule has 0 radical (unpaired) electrons. The molecule has 2 aromatic carbocycles. The van der Waals surface area contributed by atoms with Crippen LogP contribution in [0.15, 0.2) is 64.5 Å². The Balaban J connectivity index is 1.87. The SMILES string of the molecule is CC1(C)CC(=O)[C@@H]2C(=Nc3ccccc3S[C@H]2c2ccccc2)C1. The molecule has 0 saturated heterocycles. The molecule has 0 aromatic heterocycles.